The summed E-state index contributed by atoms with van der Waals surface area (Å²) in [5.74, 6) is 5.96. The van der Waals surface area contributed by atoms with Crippen molar-refractivity contribution in [3.63, 3.8) is 0 Å². The number of benzene rings is 1. The van der Waals surface area contributed by atoms with Crippen molar-refractivity contribution in [2.24, 2.45) is 5.84 Å². The Morgan fingerprint density at radius 1 is 1.19 bits per heavy atom. The highest BCUT2D eigenvalue weighted by Crippen LogP contribution is 2.22. The zero-order valence-electron chi connectivity index (χ0n) is 9.91. The molecule has 0 aliphatic heterocycles. The van der Waals surface area contributed by atoms with Crippen LogP contribution < -0.4 is 17.0 Å². The fraction of sp³-hybridized carbons (Fsp3) is 0.250. The number of rotatable bonds is 1. The van der Waals surface area contributed by atoms with Gasteiger partial charge in [-0.05, 0) is 30.5 Å². The van der Waals surface area contributed by atoms with Gasteiger partial charge in [-0.25, -0.2) is 10.8 Å². The Morgan fingerprint density at radius 3 is 2.50 bits per heavy atom. The van der Waals surface area contributed by atoms with Crippen molar-refractivity contribution in [1.29, 1.82) is 0 Å². The number of pyridine rings is 1. The number of hydrogen-bond donors (Lipinski definition) is 3. The molecule has 4 heteroatoms. The summed E-state index contributed by atoms with van der Waals surface area (Å²) in [7, 11) is 0. The third-order valence-corrected chi connectivity index (χ3v) is 2.19. The van der Waals surface area contributed by atoms with Gasteiger partial charge in [-0.15, -0.1) is 0 Å². The molecule has 1 aromatic carbocycles. The van der Waals surface area contributed by atoms with Crippen molar-refractivity contribution >= 4 is 22.3 Å². The summed E-state index contributed by atoms with van der Waals surface area (Å²) < 4.78 is 0. The van der Waals surface area contributed by atoms with Gasteiger partial charge in [0.15, 0.2) is 0 Å². The second-order valence-electron chi connectivity index (χ2n) is 3.22. The van der Waals surface area contributed by atoms with E-state index in [9.17, 15) is 0 Å². The van der Waals surface area contributed by atoms with Gasteiger partial charge in [-0.3, -0.25) is 0 Å². The minimum absolute atomic E-state index is 0.653. The first-order chi connectivity index (χ1) is 7.70. The zero-order valence-corrected chi connectivity index (χ0v) is 9.91. The van der Waals surface area contributed by atoms with Crippen LogP contribution in [-0.4, -0.2) is 4.98 Å². The monoisotopic (exact) mass is 218 g/mol. The third kappa shape index (κ3) is 2.41. The Labute approximate surface area is 95.6 Å². The molecule has 0 saturated carbocycles. The lowest BCUT2D eigenvalue weighted by molar-refractivity contribution is 1.18. The first-order valence-corrected chi connectivity index (χ1v) is 5.34. The first-order valence-electron chi connectivity index (χ1n) is 5.34. The van der Waals surface area contributed by atoms with Crippen LogP contribution in [0.3, 0.4) is 0 Å². The van der Waals surface area contributed by atoms with E-state index in [2.05, 4.69) is 10.4 Å². The molecule has 0 radical (unpaired) electrons. The SMILES string of the molecule is CC.Cc1nc(NN)cc2cc(N)ccc12. The number of nitrogens with two attached hydrogens (primary N) is 2. The molecule has 1 heterocycles. The smallest absolute Gasteiger partial charge is 0.140 e. The number of anilines is 2. The van der Waals surface area contributed by atoms with Crippen molar-refractivity contribution in [2.75, 3.05) is 11.2 Å². The van der Waals surface area contributed by atoms with Gasteiger partial charge in [0.25, 0.3) is 0 Å². The average molecular weight is 218 g/mol. The molecule has 0 amide bonds. The van der Waals surface area contributed by atoms with E-state index in [1.807, 2.05) is 45.0 Å². The van der Waals surface area contributed by atoms with Crippen LogP contribution in [0.15, 0.2) is 24.3 Å². The lowest BCUT2D eigenvalue weighted by Crippen LogP contribution is -2.08. The van der Waals surface area contributed by atoms with Crippen LogP contribution in [0.5, 0.6) is 0 Å². The van der Waals surface area contributed by atoms with Crippen LogP contribution in [-0.2, 0) is 0 Å². The Morgan fingerprint density at radius 2 is 1.88 bits per heavy atom. The Hall–Kier alpha value is -1.81. The van der Waals surface area contributed by atoms with E-state index in [1.54, 1.807) is 0 Å². The van der Waals surface area contributed by atoms with E-state index >= 15 is 0 Å². The Balaban J connectivity index is 0.000000606. The number of fused-ring (bicyclic) bond motifs is 1. The molecular weight excluding hydrogens is 200 g/mol. The molecular formula is C12H18N4. The van der Waals surface area contributed by atoms with Crippen LogP contribution in [0.1, 0.15) is 19.5 Å². The van der Waals surface area contributed by atoms with Crippen molar-refractivity contribution in [3.05, 3.63) is 30.0 Å². The molecule has 0 saturated heterocycles. The van der Waals surface area contributed by atoms with Crippen LogP contribution in [0.2, 0.25) is 0 Å². The lowest BCUT2D eigenvalue weighted by Gasteiger charge is -2.06. The summed E-state index contributed by atoms with van der Waals surface area (Å²) in [5.41, 5.74) is 9.90. The van der Waals surface area contributed by atoms with Gasteiger partial charge >= 0.3 is 0 Å². The fourth-order valence-corrected chi connectivity index (χ4v) is 1.52. The maximum absolute atomic E-state index is 5.69. The predicted octanol–water partition coefficient (Wildman–Crippen LogP) is 2.44. The van der Waals surface area contributed by atoms with Gasteiger partial charge in [0.05, 0.1) is 0 Å². The molecule has 0 fully saturated rings. The van der Waals surface area contributed by atoms with Crippen LogP contribution in [0.4, 0.5) is 11.5 Å². The quantitative estimate of drug-likeness (QED) is 0.390. The highest BCUT2D eigenvalue weighted by molar-refractivity contribution is 5.88. The van der Waals surface area contributed by atoms with Gasteiger partial charge in [0.2, 0.25) is 0 Å². The average Bonchev–Trinajstić information content (AvgIpc) is 2.30. The molecule has 0 bridgehead atoms. The largest absolute Gasteiger partial charge is 0.399 e. The molecule has 4 nitrogen and oxygen atoms in total. The van der Waals surface area contributed by atoms with Crippen molar-refractivity contribution < 1.29 is 0 Å². The maximum Gasteiger partial charge on any atom is 0.140 e. The number of hydrazine groups is 1. The highest BCUT2D eigenvalue weighted by atomic mass is 15.2. The van der Waals surface area contributed by atoms with E-state index in [-0.39, 0.29) is 0 Å². The summed E-state index contributed by atoms with van der Waals surface area (Å²) in [6, 6.07) is 7.61. The van der Waals surface area contributed by atoms with Crippen LogP contribution >= 0.6 is 0 Å². The predicted molar refractivity (Wildman–Crippen MR) is 70.1 cm³/mol. The molecule has 2 rings (SSSR count). The second-order valence-corrected chi connectivity index (χ2v) is 3.22. The summed E-state index contributed by atoms with van der Waals surface area (Å²) in [4.78, 5) is 4.27. The number of hydrogen-bond acceptors (Lipinski definition) is 4. The zero-order chi connectivity index (χ0) is 12.1. The molecule has 0 aliphatic rings. The van der Waals surface area contributed by atoms with E-state index in [4.69, 9.17) is 11.6 Å². The molecule has 1 aromatic heterocycles. The molecule has 0 atom stereocenters. The highest BCUT2D eigenvalue weighted by Gasteiger charge is 2.01. The van der Waals surface area contributed by atoms with Crippen molar-refractivity contribution in [1.82, 2.24) is 4.98 Å². The first kappa shape index (κ1) is 12.3. The topological polar surface area (TPSA) is 77.0 Å². The number of aromatic nitrogens is 1. The number of nitrogens with one attached hydrogen (secondary N) is 1. The minimum Gasteiger partial charge on any atom is -0.399 e. The van der Waals surface area contributed by atoms with E-state index in [0.29, 0.717) is 5.82 Å². The summed E-state index contributed by atoms with van der Waals surface area (Å²) in [6.07, 6.45) is 0. The summed E-state index contributed by atoms with van der Waals surface area (Å²) >= 11 is 0. The number of aryl methyl sites for hydroxylation is 1. The van der Waals surface area contributed by atoms with E-state index in [1.165, 1.54) is 0 Å². The van der Waals surface area contributed by atoms with Gasteiger partial charge in [-0.1, -0.05) is 19.9 Å². The molecule has 2 aromatic rings. The Kier molecular flexibility index (Phi) is 4.08. The molecule has 86 valence electrons. The lowest BCUT2D eigenvalue weighted by atomic mass is 10.1. The third-order valence-electron chi connectivity index (χ3n) is 2.19. The van der Waals surface area contributed by atoms with Crippen LogP contribution in [0, 0.1) is 6.92 Å². The summed E-state index contributed by atoms with van der Waals surface area (Å²) in [5, 5.41) is 2.14. The van der Waals surface area contributed by atoms with Gasteiger partial charge in [0, 0.05) is 16.8 Å². The van der Waals surface area contributed by atoms with Gasteiger partial charge < -0.3 is 11.2 Å². The molecule has 0 aliphatic carbocycles. The standard InChI is InChI=1S/C10H12N4.C2H6/c1-6-9-3-2-8(11)4-7(9)5-10(13-6)14-12;1-2/h2-5H,11-12H2,1H3,(H,13,14);1-2H3. The van der Waals surface area contributed by atoms with E-state index in [0.717, 1.165) is 22.2 Å². The Bertz CT molecular complexity index is 480. The summed E-state index contributed by atoms with van der Waals surface area (Å²) in [6.45, 7) is 5.94. The molecule has 0 spiro atoms. The fourth-order valence-electron chi connectivity index (χ4n) is 1.52. The minimum atomic E-state index is 0.653. The normalized spacial score (nSPS) is 9.50. The van der Waals surface area contributed by atoms with Gasteiger partial charge in [-0.2, -0.15) is 0 Å². The van der Waals surface area contributed by atoms with Crippen molar-refractivity contribution in [3.8, 4) is 0 Å². The molecule has 5 N–H and O–H groups in total. The van der Waals surface area contributed by atoms with Crippen molar-refractivity contribution in [2.45, 2.75) is 20.8 Å². The second kappa shape index (κ2) is 5.32. The van der Waals surface area contributed by atoms with Crippen LogP contribution in [0.25, 0.3) is 10.8 Å². The van der Waals surface area contributed by atoms with E-state index < -0.39 is 0 Å². The maximum atomic E-state index is 5.69. The van der Waals surface area contributed by atoms with Gasteiger partial charge in [0.1, 0.15) is 5.82 Å². The number of nitrogens with zero attached hydrogens (tertiary/aromatic N) is 1. The number of nitrogen functional groups attached to an aromatic ring is 2. The molecule has 16 heavy (non-hydrogen) atoms. The molecule has 0 unspecified atom stereocenters.